The van der Waals surface area contributed by atoms with Gasteiger partial charge < -0.3 is 10.2 Å². The first-order valence-corrected chi connectivity index (χ1v) is 13.4. The maximum absolute atomic E-state index is 14.1. The lowest BCUT2D eigenvalue weighted by atomic mass is 10.0. The summed E-state index contributed by atoms with van der Waals surface area (Å²) in [5.41, 5.74) is 1.87. The minimum absolute atomic E-state index is 0.114. The van der Waals surface area contributed by atoms with E-state index in [4.69, 9.17) is 11.6 Å². The number of carbonyl (C=O) groups is 2. The van der Waals surface area contributed by atoms with Gasteiger partial charge in [-0.3, -0.25) is 9.59 Å². The molecule has 2 amide bonds. The van der Waals surface area contributed by atoms with Crippen LogP contribution in [0.15, 0.2) is 78.9 Å². The molecule has 1 atom stereocenters. The van der Waals surface area contributed by atoms with Gasteiger partial charge in [-0.15, -0.1) is 11.8 Å². The topological polar surface area (TPSA) is 49.4 Å². The Hall–Kier alpha value is -2.83. The van der Waals surface area contributed by atoms with Gasteiger partial charge in [-0.2, -0.15) is 0 Å². The number of carbonyl (C=O) groups excluding carboxylic acids is 2. The molecule has 0 aliphatic rings. The van der Waals surface area contributed by atoms with E-state index in [1.807, 2.05) is 63.2 Å². The molecule has 0 unspecified atom stereocenters. The summed E-state index contributed by atoms with van der Waals surface area (Å²) in [6.45, 7) is 5.97. The van der Waals surface area contributed by atoms with E-state index in [0.29, 0.717) is 22.8 Å². The molecule has 3 aromatic carbocycles. The van der Waals surface area contributed by atoms with Crippen molar-refractivity contribution in [2.24, 2.45) is 0 Å². The van der Waals surface area contributed by atoms with Gasteiger partial charge in [-0.05, 0) is 55.7 Å². The minimum Gasteiger partial charge on any atom is -0.350 e. The Morgan fingerprint density at radius 1 is 0.972 bits per heavy atom. The second kappa shape index (κ2) is 12.9. The summed E-state index contributed by atoms with van der Waals surface area (Å²) >= 11 is 7.54. The van der Waals surface area contributed by atoms with Crippen LogP contribution in [-0.4, -0.2) is 34.0 Å². The van der Waals surface area contributed by atoms with E-state index in [1.165, 1.54) is 17.8 Å². The molecule has 3 rings (SSSR count). The van der Waals surface area contributed by atoms with Crippen molar-refractivity contribution < 1.29 is 14.0 Å². The molecule has 36 heavy (non-hydrogen) atoms. The number of hydrogen-bond acceptors (Lipinski definition) is 3. The largest absolute Gasteiger partial charge is 0.350 e. The molecule has 0 aliphatic heterocycles. The van der Waals surface area contributed by atoms with Crippen molar-refractivity contribution in [3.8, 4) is 0 Å². The fourth-order valence-corrected chi connectivity index (χ4v) is 4.89. The molecule has 0 aliphatic carbocycles. The van der Waals surface area contributed by atoms with Crippen LogP contribution < -0.4 is 5.32 Å². The Labute approximate surface area is 222 Å². The van der Waals surface area contributed by atoms with Gasteiger partial charge in [0.2, 0.25) is 11.8 Å². The first-order chi connectivity index (χ1) is 17.1. The first-order valence-electron chi connectivity index (χ1n) is 11.8. The van der Waals surface area contributed by atoms with Crippen LogP contribution in [0.4, 0.5) is 4.39 Å². The maximum atomic E-state index is 14.1. The highest BCUT2D eigenvalue weighted by molar-refractivity contribution is 7.99. The van der Waals surface area contributed by atoms with Crippen molar-refractivity contribution in [2.75, 3.05) is 5.75 Å². The lowest BCUT2D eigenvalue weighted by Crippen LogP contribution is -2.54. The second-order valence-electron chi connectivity index (χ2n) is 9.68. The zero-order chi connectivity index (χ0) is 26.1. The predicted octanol–water partition coefficient (Wildman–Crippen LogP) is 6.27. The van der Waals surface area contributed by atoms with Crippen LogP contribution >= 0.6 is 23.4 Å². The van der Waals surface area contributed by atoms with Crippen LogP contribution in [0.2, 0.25) is 5.02 Å². The Kier molecular flexibility index (Phi) is 9.97. The van der Waals surface area contributed by atoms with Crippen LogP contribution in [-0.2, 0) is 28.3 Å². The fraction of sp³-hybridized carbons (Fsp3) is 0.310. The summed E-state index contributed by atoms with van der Waals surface area (Å²) in [7, 11) is 0. The lowest BCUT2D eigenvalue weighted by Gasteiger charge is -2.34. The molecular formula is C29H32ClFN2O2S. The second-order valence-corrected chi connectivity index (χ2v) is 11.1. The number of rotatable bonds is 10. The summed E-state index contributed by atoms with van der Waals surface area (Å²) in [4.78, 5) is 28.7. The monoisotopic (exact) mass is 526 g/mol. The van der Waals surface area contributed by atoms with Gasteiger partial charge in [-0.1, -0.05) is 72.3 Å². The smallest absolute Gasteiger partial charge is 0.243 e. The first kappa shape index (κ1) is 27.8. The molecule has 0 saturated carbocycles. The van der Waals surface area contributed by atoms with Gasteiger partial charge in [0, 0.05) is 29.3 Å². The molecule has 3 aromatic rings. The standard InChI is InChI=1S/C29H32ClFN2O2S/c1-29(2,3)32-28(35)26(17-21-10-5-4-6-11-21)33(18-22-12-9-14-24(30)16-22)27(34)20-36-19-23-13-7-8-15-25(23)31/h4-16,26H,17-20H2,1-3H3,(H,32,35)/t26-/m1/s1. The summed E-state index contributed by atoms with van der Waals surface area (Å²) in [6, 6.07) is 22.8. The molecule has 0 heterocycles. The molecule has 0 saturated heterocycles. The predicted molar refractivity (Wildman–Crippen MR) is 146 cm³/mol. The van der Waals surface area contributed by atoms with E-state index in [0.717, 1.165) is 11.1 Å². The number of benzene rings is 3. The van der Waals surface area contributed by atoms with Crippen molar-refractivity contribution >= 4 is 35.2 Å². The zero-order valence-corrected chi connectivity index (χ0v) is 22.4. The van der Waals surface area contributed by atoms with Gasteiger partial charge >= 0.3 is 0 Å². The molecule has 0 fully saturated rings. The van der Waals surface area contributed by atoms with Crippen LogP contribution in [0, 0.1) is 5.82 Å². The highest BCUT2D eigenvalue weighted by Gasteiger charge is 2.32. The molecule has 0 bridgehead atoms. The van der Waals surface area contributed by atoms with Crippen molar-refractivity contribution in [1.82, 2.24) is 10.2 Å². The number of halogens is 2. The summed E-state index contributed by atoms with van der Waals surface area (Å²) in [5.74, 6) is -0.230. The van der Waals surface area contributed by atoms with Crippen molar-refractivity contribution in [1.29, 1.82) is 0 Å². The van der Waals surface area contributed by atoms with Gasteiger partial charge in [-0.25, -0.2) is 4.39 Å². The van der Waals surface area contributed by atoms with Gasteiger partial charge in [0.1, 0.15) is 11.9 Å². The quantitative estimate of drug-likeness (QED) is 0.339. The van der Waals surface area contributed by atoms with Crippen LogP contribution in [0.1, 0.15) is 37.5 Å². The normalized spacial score (nSPS) is 12.1. The molecule has 0 spiro atoms. The van der Waals surface area contributed by atoms with Crippen molar-refractivity contribution in [3.63, 3.8) is 0 Å². The Morgan fingerprint density at radius 3 is 2.31 bits per heavy atom. The third-order valence-electron chi connectivity index (χ3n) is 5.45. The molecule has 1 N–H and O–H groups in total. The van der Waals surface area contributed by atoms with Gasteiger partial charge in [0.25, 0.3) is 0 Å². The molecule has 190 valence electrons. The Bertz CT molecular complexity index is 1170. The number of amides is 2. The third-order valence-corrected chi connectivity index (χ3v) is 6.65. The lowest BCUT2D eigenvalue weighted by molar-refractivity contribution is -0.140. The van der Waals surface area contributed by atoms with Crippen LogP contribution in [0.25, 0.3) is 0 Å². The fourth-order valence-electron chi connectivity index (χ4n) is 3.79. The highest BCUT2D eigenvalue weighted by Crippen LogP contribution is 2.21. The maximum Gasteiger partial charge on any atom is 0.243 e. The van der Waals surface area contributed by atoms with Crippen molar-refractivity contribution in [2.45, 2.75) is 51.1 Å². The van der Waals surface area contributed by atoms with Gasteiger partial charge in [0.05, 0.1) is 5.75 Å². The van der Waals surface area contributed by atoms with Gasteiger partial charge in [0.15, 0.2) is 0 Å². The van der Waals surface area contributed by atoms with Crippen LogP contribution in [0.3, 0.4) is 0 Å². The van der Waals surface area contributed by atoms with Crippen molar-refractivity contribution in [3.05, 3.63) is 106 Å². The molecular weight excluding hydrogens is 495 g/mol. The number of nitrogens with zero attached hydrogens (tertiary/aromatic N) is 1. The van der Waals surface area contributed by atoms with E-state index < -0.39 is 11.6 Å². The van der Waals surface area contributed by atoms with E-state index in [9.17, 15) is 14.0 Å². The zero-order valence-electron chi connectivity index (χ0n) is 20.8. The average Bonchev–Trinajstić information content (AvgIpc) is 2.82. The SMILES string of the molecule is CC(C)(C)NC(=O)[C@@H](Cc1ccccc1)N(Cc1cccc(Cl)c1)C(=O)CSCc1ccccc1F. The molecule has 4 nitrogen and oxygen atoms in total. The summed E-state index contributed by atoms with van der Waals surface area (Å²) in [6.07, 6.45) is 0.368. The summed E-state index contributed by atoms with van der Waals surface area (Å²) < 4.78 is 14.1. The van der Waals surface area contributed by atoms with E-state index in [2.05, 4.69) is 5.32 Å². The average molecular weight is 527 g/mol. The van der Waals surface area contributed by atoms with Crippen LogP contribution in [0.5, 0.6) is 0 Å². The third kappa shape index (κ3) is 8.68. The number of hydrogen-bond donors (Lipinski definition) is 1. The summed E-state index contributed by atoms with van der Waals surface area (Å²) in [5, 5.41) is 3.61. The molecule has 0 radical (unpaired) electrons. The highest BCUT2D eigenvalue weighted by atomic mass is 35.5. The molecule has 0 aromatic heterocycles. The Balaban J connectivity index is 1.88. The number of nitrogens with one attached hydrogen (secondary N) is 1. The Morgan fingerprint density at radius 2 is 1.64 bits per heavy atom. The van der Waals surface area contributed by atoms with E-state index in [-0.39, 0.29) is 29.9 Å². The number of thioether (sulfide) groups is 1. The van der Waals surface area contributed by atoms with E-state index >= 15 is 0 Å². The molecule has 7 heteroatoms. The van der Waals surface area contributed by atoms with E-state index in [1.54, 1.807) is 35.2 Å². The minimum atomic E-state index is -0.729.